The third kappa shape index (κ3) is 2.56. The molecule has 1 fully saturated rings. The predicted octanol–water partition coefficient (Wildman–Crippen LogP) is 1.31. The van der Waals surface area contributed by atoms with Gasteiger partial charge < -0.3 is 4.90 Å². The van der Waals surface area contributed by atoms with E-state index in [9.17, 15) is 13.2 Å². The van der Waals surface area contributed by atoms with Gasteiger partial charge in [-0.15, -0.1) is 0 Å². The second-order valence-corrected chi connectivity index (χ2v) is 7.11. The fraction of sp³-hybridized carbons (Fsp3) is 0.500. The number of hydrogen-bond donors (Lipinski definition) is 0. The summed E-state index contributed by atoms with van der Waals surface area (Å²) in [7, 11) is -3.60. The van der Waals surface area contributed by atoms with Crippen LogP contribution in [0, 0.1) is 0 Å². The van der Waals surface area contributed by atoms with Crippen molar-refractivity contribution in [1.82, 2.24) is 4.47 Å². The van der Waals surface area contributed by atoms with Gasteiger partial charge in [-0.05, 0) is 43.0 Å². The van der Waals surface area contributed by atoms with Crippen LogP contribution < -0.4 is 4.90 Å². The van der Waals surface area contributed by atoms with Gasteiger partial charge in [0.05, 0.1) is 11.5 Å². The van der Waals surface area contributed by atoms with E-state index in [4.69, 9.17) is 4.84 Å². The van der Waals surface area contributed by atoms with Gasteiger partial charge in [0.1, 0.15) is 0 Å². The van der Waals surface area contributed by atoms with Crippen molar-refractivity contribution in [2.24, 2.45) is 0 Å². The third-order valence-electron chi connectivity index (χ3n) is 3.84. The first-order chi connectivity index (χ1) is 10.00. The van der Waals surface area contributed by atoms with Crippen molar-refractivity contribution in [3.05, 3.63) is 23.8 Å². The van der Waals surface area contributed by atoms with Crippen molar-refractivity contribution in [1.29, 1.82) is 0 Å². The summed E-state index contributed by atoms with van der Waals surface area (Å²) in [4.78, 5) is 18.7. The standard InChI is InChI=1S/C14H18N2O4S/c1-11(17)15-7-2-4-12-10-13(5-6-14(12)15)21(18,19)16-8-3-9-20-16/h5-6,10H,2-4,7-9H2,1H3. The highest BCUT2D eigenvalue weighted by molar-refractivity contribution is 7.89. The second kappa shape index (κ2) is 5.40. The van der Waals surface area contributed by atoms with E-state index in [0.29, 0.717) is 26.1 Å². The molecule has 3 rings (SSSR count). The molecule has 0 saturated carbocycles. The Bertz CT molecular complexity index is 666. The smallest absolute Gasteiger partial charge is 0.265 e. The molecule has 1 aromatic rings. The number of carbonyl (C=O) groups excluding carboxylic acids is 1. The van der Waals surface area contributed by atoms with Crippen LogP contribution in [0.25, 0.3) is 0 Å². The molecule has 114 valence electrons. The Hall–Kier alpha value is -1.44. The first-order valence-electron chi connectivity index (χ1n) is 7.07. The first kappa shape index (κ1) is 14.5. The van der Waals surface area contributed by atoms with Crippen LogP contribution >= 0.6 is 0 Å². The van der Waals surface area contributed by atoms with Crippen molar-refractivity contribution < 1.29 is 18.0 Å². The molecule has 0 aromatic heterocycles. The molecule has 0 atom stereocenters. The largest absolute Gasteiger partial charge is 0.312 e. The number of aryl methyl sites for hydroxylation is 1. The van der Waals surface area contributed by atoms with E-state index in [1.807, 2.05) is 0 Å². The zero-order valence-corrected chi connectivity index (χ0v) is 12.7. The highest BCUT2D eigenvalue weighted by Crippen LogP contribution is 2.31. The molecule has 0 aliphatic carbocycles. The Kier molecular flexibility index (Phi) is 3.73. The number of carbonyl (C=O) groups is 1. The molecule has 7 heteroatoms. The summed E-state index contributed by atoms with van der Waals surface area (Å²) in [6, 6.07) is 4.94. The van der Waals surface area contributed by atoms with Crippen LogP contribution in [0.3, 0.4) is 0 Å². The molecule has 1 amide bonds. The van der Waals surface area contributed by atoms with Crippen LogP contribution in [0.1, 0.15) is 25.3 Å². The van der Waals surface area contributed by atoms with Gasteiger partial charge in [0.15, 0.2) is 0 Å². The van der Waals surface area contributed by atoms with Crippen LogP contribution in [0.4, 0.5) is 5.69 Å². The molecular weight excluding hydrogens is 292 g/mol. The number of anilines is 1. The van der Waals surface area contributed by atoms with Crippen LogP contribution in [0.2, 0.25) is 0 Å². The summed E-state index contributed by atoms with van der Waals surface area (Å²) in [6.45, 7) is 3.03. The summed E-state index contributed by atoms with van der Waals surface area (Å²) in [5.41, 5.74) is 1.71. The molecule has 1 saturated heterocycles. The second-order valence-electron chi connectivity index (χ2n) is 5.28. The van der Waals surface area contributed by atoms with Gasteiger partial charge in [-0.3, -0.25) is 9.63 Å². The average molecular weight is 310 g/mol. The van der Waals surface area contributed by atoms with E-state index < -0.39 is 10.0 Å². The molecule has 1 aromatic carbocycles. The normalized spacial score (nSPS) is 19.6. The minimum atomic E-state index is -3.60. The number of benzene rings is 1. The summed E-state index contributed by atoms with van der Waals surface area (Å²) < 4.78 is 26.0. The number of fused-ring (bicyclic) bond motifs is 1. The zero-order chi connectivity index (χ0) is 15.0. The maximum absolute atomic E-state index is 12.5. The molecule has 0 unspecified atom stereocenters. The fourth-order valence-electron chi connectivity index (χ4n) is 2.79. The van der Waals surface area contributed by atoms with E-state index in [0.717, 1.165) is 28.6 Å². The van der Waals surface area contributed by atoms with Gasteiger partial charge in [-0.1, -0.05) is 4.47 Å². The van der Waals surface area contributed by atoms with Crippen LogP contribution in [0.5, 0.6) is 0 Å². The lowest BCUT2D eigenvalue weighted by Crippen LogP contribution is -2.34. The number of rotatable bonds is 2. The van der Waals surface area contributed by atoms with Crippen molar-refractivity contribution in [3.8, 4) is 0 Å². The predicted molar refractivity (Wildman–Crippen MR) is 77.3 cm³/mol. The van der Waals surface area contributed by atoms with Gasteiger partial charge in [-0.25, -0.2) is 8.42 Å². The lowest BCUT2D eigenvalue weighted by molar-refractivity contribution is -0.116. The van der Waals surface area contributed by atoms with Gasteiger partial charge in [0.25, 0.3) is 10.0 Å². The molecule has 0 N–H and O–H groups in total. The van der Waals surface area contributed by atoms with Gasteiger partial charge in [-0.2, -0.15) is 0 Å². The summed E-state index contributed by atoms with van der Waals surface area (Å²) in [5.74, 6) is -0.0190. The van der Waals surface area contributed by atoms with Crippen molar-refractivity contribution in [3.63, 3.8) is 0 Å². The number of hydroxylamine groups is 1. The Morgan fingerprint density at radius 3 is 2.71 bits per heavy atom. The minimum Gasteiger partial charge on any atom is -0.312 e. The Labute approximate surface area is 124 Å². The van der Waals surface area contributed by atoms with Crippen molar-refractivity contribution in [2.45, 2.75) is 31.1 Å². The highest BCUT2D eigenvalue weighted by atomic mass is 32.2. The summed E-state index contributed by atoms with van der Waals surface area (Å²) >= 11 is 0. The number of hydrogen-bond acceptors (Lipinski definition) is 4. The van der Waals surface area contributed by atoms with Gasteiger partial charge in [0, 0.05) is 25.7 Å². The maximum Gasteiger partial charge on any atom is 0.265 e. The van der Waals surface area contributed by atoms with E-state index >= 15 is 0 Å². The van der Waals surface area contributed by atoms with E-state index in [1.54, 1.807) is 23.1 Å². The molecule has 2 heterocycles. The molecule has 6 nitrogen and oxygen atoms in total. The van der Waals surface area contributed by atoms with E-state index in [1.165, 1.54) is 6.92 Å². The van der Waals surface area contributed by atoms with E-state index in [2.05, 4.69) is 0 Å². The quantitative estimate of drug-likeness (QED) is 0.826. The summed E-state index contributed by atoms with van der Waals surface area (Å²) in [6.07, 6.45) is 2.34. The van der Waals surface area contributed by atoms with Gasteiger partial charge >= 0.3 is 0 Å². The Morgan fingerprint density at radius 1 is 1.24 bits per heavy atom. The third-order valence-corrected chi connectivity index (χ3v) is 5.51. The highest BCUT2D eigenvalue weighted by Gasteiger charge is 2.30. The molecule has 0 bridgehead atoms. The molecule has 2 aliphatic rings. The Balaban J connectivity index is 1.98. The number of nitrogens with zero attached hydrogens (tertiary/aromatic N) is 2. The molecule has 0 spiro atoms. The number of amides is 1. The monoisotopic (exact) mass is 310 g/mol. The molecule has 2 aliphatic heterocycles. The van der Waals surface area contributed by atoms with Crippen LogP contribution in [-0.4, -0.2) is 38.5 Å². The first-order valence-corrected chi connectivity index (χ1v) is 8.51. The zero-order valence-electron chi connectivity index (χ0n) is 11.9. The van der Waals surface area contributed by atoms with Crippen molar-refractivity contribution >= 4 is 21.6 Å². The van der Waals surface area contributed by atoms with Crippen LogP contribution in [0.15, 0.2) is 23.1 Å². The SMILES string of the molecule is CC(=O)N1CCCc2cc(S(=O)(=O)N3CCCO3)ccc21. The lowest BCUT2D eigenvalue weighted by Gasteiger charge is -2.29. The van der Waals surface area contributed by atoms with Crippen LogP contribution in [-0.2, 0) is 26.1 Å². The molecule has 0 radical (unpaired) electrons. The number of sulfonamides is 1. The maximum atomic E-state index is 12.5. The topological polar surface area (TPSA) is 66.9 Å². The Morgan fingerprint density at radius 2 is 2.05 bits per heavy atom. The van der Waals surface area contributed by atoms with E-state index in [-0.39, 0.29) is 10.8 Å². The van der Waals surface area contributed by atoms with Crippen molar-refractivity contribution in [2.75, 3.05) is 24.6 Å². The molecule has 21 heavy (non-hydrogen) atoms. The van der Waals surface area contributed by atoms with Gasteiger partial charge in [0.2, 0.25) is 5.91 Å². The minimum absolute atomic E-state index is 0.0190. The molecular formula is C14H18N2O4S. The summed E-state index contributed by atoms with van der Waals surface area (Å²) in [5, 5.41) is 0. The average Bonchev–Trinajstić information content (AvgIpc) is 3.00. The fourth-order valence-corrected chi connectivity index (χ4v) is 4.14. The lowest BCUT2D eigenvalue weighted by atomic mass is 10.0.